The second-order valence-electron chi connectivity index (χ2n) is 7.19. The Bertz CT molecular complexity index is 800. The highest BCUT2D eigenvalue weighted by Gasteiger charge is 2.35. The van der Waals surface area contributed by atoms with Crippen LogP contribution in [-0.2, 0) is 19.4 Å². The van der Waals surface area contributed by atoms with E-state index in [1.165, 1.54) is 0 Å². The number of nitrogens with one attached hydrogen (secondary N) is 1. The van der Waals surface area contributed by atoms with Crippen molar-refractivity contribution in [2.45, 2.75) is 44.6 Å². The van der Waals surface area contributed by atoms with E-state index in [0.29, 0.717) is 25.6 Å². The quantitative estimate of drug-likeness (QED) is 0.862. The van der Waals surface area contributed by atoms with Crippen LogP contribution in [0.2, 0.25) is 0 Å². The molecule has 1 fully saturated rings. The Morgan fingerprint density at radius 3 is 2.56 bits per heavy atom. The van der Waals surface area contributed by atoms with Gasteiger partial charge in [0, 0.05) is 38.0 Å². The molecule has 0 saturated carbocycles. The summed E-state index contributed by atoms with van der Waals surface area (Å²) < 4.78 is 32.2. The fourth-order valence-corrected chi connectivity index (χ4v) is 3.72. The van der Waals surface area contributed by atoms with Gasteiger partial charge in [0.05, 0.1) is 12.8 Å². The largest absolute Gasteiger partial charge is 0.497 e. The first-order valence-electron chi connectivity index (χ1n) is 9.43. The number of hydrogen-bond acceptors (Lipinski definition) is 5. The van der Waals surface area contributed by atoms with Gasteiger partial charge in [-0.05, 0) is 37.0 Å². The number of piperidine rings is 1. The first-order valence-corrected chi connectivity index (χ1v) is 9.43. The number of aromatic nitrogens is 2. The van der Waals surface area contributed by atoms with Gasteiger partial charge in [-0.3, -0.25) is 0 Å². The number of fused-ring (bicyclic) bond motifs is 1. The van der Waals surface area contributed by atoms with Crippen molar-refractivity contribution in [3.8, 4) is 5.75 Å². The topological polar surface area (TPSA) is 50.3 Å². The molecule has 0 radical (unpaired) electrons. The second-order valence-corrected chi connectivity index (χ2v) is 7.19. The number of alkyl halides is 2. The van der Waals surface area contributed by atoms with E-state index in [2.05, 4.69) is 10.3 Å². The molecular formula is C20H24F2N4O. The van der Waals surface area contributed by atoms with Crippen molar-refractivity contribution >= 4 is 11.8 Å². The van der Waals surface area contributed by atoms with Gasteiger partial charge in [-0.25, -0.2) is 13.8 Å². The lowest BCUT2D eigenvalue weighted by Crippen LogP contribution is -2.40. The molecule has 0 bridgehead atoms. The molecule has 0 spiro atoms. The molecule has 1 saturated heterocycles. The second kappa shape index (κ2) is 7.29. The molecule has 1 aliphatic carbocycles. The van der Waals surface area contributed by atoms with Gasteiger partial charge in [-0.1, -0.05) is 12.1 Å². The van der Waals surface area contributed by atoms with Crippen LogP contribution in [0.3, 0.4) is 0 Å². The molecule has 7 heteroatoms. The molecular weight excluding hydrogens is 350 g/mol. The molecule has 0 unspecified atom stereocenters. The van der Waals surface area contributed by atoms with Crippen molar-refractivity contribution in [1.82, 2.24) is 9.97 Å². The standard InChI is InChI=1S/C20H24F2N4O/c1-27-15-7-5-14(6-8-15)13-23-19-24-17-4-2-3-16(17)18(25-19)26-11-9-20(21,22)10-12-26/h5-8H,2-4,9-13H2,1H3,(H,23,24,25). The summed E-state index contributed by atoms with van der Waals surface area (Å²) in [6.07, 6.45) is 2.67. The normalized spacial score (nSPS) is 18.3. The lowest BCUT2D eigenvalue weighted by molar-refractivity contribution is -0.0221. The third-order valence-corrected chi connectivity index (χ3v) is 5.32. The Labute approximate surface area is 157 Å². The van der Waals surface area contributed by atoms with Crippen molar-refractivity contribution in [3.05, 3.63) is 41.1 Å². The number of anilines is 2. The fraction of sp³-hybridized carbons (Fsp3) is 0.500. The third kappa shape index (κ3) is 3.96. The van der Waals surface area contributed by atoms with Gasteiger partial charge in [0.2, 0.25) is 5.95 Å². The lowest BCUT2D eigenvalue weighted by atomic mass is 10.1. The van der Waals surface area contributed by atoms with E-state index in [1.807, 2.05) is 29.2 Å². The number of ether oxygens (including phenoxy) is 1. The average Bonchev–Trinajstić information content (AvgIpc) is 3.15. The Kier molecular flexibility index (Phi) is 4.85. The fourth-order valence-electron chi connectivity index (χ4n) is 3.72. The van der Waals surface area contributed by atoms with Crippen LogP contribution < -0.4 is 15.0 Å². The summed E-state index contributed by atoms with van der Waals surface area (Å²) in [7, 11) is 1.64. The molecule has 2 heterocycles. The summed E-state index contributed by atoms with van der Waals surface area (Å²) in [5.74, 6) is -0.331. The molecule has 144 valence electrons. The van der Waals surface area contributed by atoms with Gasteiger partial charge in [0.15, 0.2) is 0 Å². The molecule has 5 nitrogen and oxygen atoms in total. The Morgan fingerprint density at radius 2 is 1.85 bits per heavy atom. The summed E-state index contributed by atoms with van der Waals surface area (Å²) in [5, 5.41) is 3.29. The van der Waals surface area contributed by atoms with E-state index in [4.69, 9.17) is 9.72 Å². The number of hydrogen-bond donors (Lipinski definition) is 1. The minimum Gasteiger partial charge on any atom is -0.497 e. The van der Waals surface area contributed by atoms with Crippen LogP contribution in [0.25, 0.3) is 0 Å². The number of aryl methyl sites for hydroxylation is 1. The molecule has 1 aromatic heterocycles. The van der Waals surface area contributed by atoms with Crippen molar-refractivity contribution in [1.29, 1.82) is 0 Å². The molecule has 0 atom stereocenters. The highest BCUT2D eigenvalue weighted by atomic mass is 19.3. The summed E-state index contributed by atoms with van der Waals surface area (Å²) in [6, 6.07) is 7.82. The predicted molar refractivity (Wildman–Crippen MR) is 101 cm³/mol. The van der Waals surface area contributed by atoms with E-state index >= 15 is 0 Å². The first-order chi connectivity index (χ1) is 13.0. The SMILES string of the molecule is COc1ccc(CNc2nc3c(c(N4CCC(F)(F)CC4)n2)CCC3)cc1. The van der Waals surface area contributed by atoms with Crippen molar-refractivity contribution < 1.29 is 13.5 Å². The molecule has 1 N–H and O–H groups in total. The minimum absolute atomic E-state index is 0.111. The number of methoxy groups -OCH3 is 1. The molecule has 1 aromatic carbocycles. The number of benzene rings is 1. The van der Waals surface area contributed by atoms with Crippen LogP contribution in [0.4, 0.5) is 20.5 Å². The zero-order valence-electron chi connectivity index (χ0n) is 15.5. The zero-order chi connectivity index (χ0) is 18.9. The number of rotatable bonds is 5. The molecule has 2 aromatic rings. The van der Waals surface area contributed by atoms with Crippen LogP contribution in [0.5, 0.6) is 5.75 Å². The summed E-state index contributed by atoms with van der Waals surface area (Å²) in [6.45, 7) is 1.28. The van der Waals surface area contributed by atoms with Crippen molar-refractivity contribution in [2.75, 3.05) is 30.4 Å². The van der Waals surface area contributed by atoms with Crippen molar-refractivity contribution in [2.24, 2.45) is 0 Å². The minimum atomic E-state index is -2.55. The Morgan fingerprint density at radius 1 is 1.11 bits per heavy atom. The van der Waals surface area contributed by atoms with E-state index < -0.39 is 5.92 Å². The van der Waals surface area contributed by atoms with Crippen LogP contribution >= 0.6 is 0 Å². The summed E-state index contributed by atoms with van der Waals surface area (Å²) in [4.78, 5) is 11.4. The highest BCUT2D eigenvalue weighted by molar-refractivity contribution is 5.55. The van der Waals surface area contributed by atoms with Gasteiger partial charge in [0.1, 0.15) is 11.6 Å². The van der Waals surface area contributed by atoms with Gasteiger partial charge < -0.3 is 15.0 Å². The van der Waals surface area contributed by atoms with E-state index in [1.54, 1.807) is 7.11 Å². The van der Waals surface area contributed by atoms with Gasteiger partial charge in [0.25, 0.3) is 5.92 Å². The molecule has 2 aliphatic rings. The maximum Gasteiger partial charge on any atom is 0.251 e. The van der Waals surface area contributed by atoms with Gasteiger partial charge >= 0.3 is 0 Å². The third-order valence-electron chi connectivity index (χ3n) is 5.32. The van der Waals surface area contributed by atoms with Crippen molar-refractivity contribution in [3.63, 3.8) is 0 Å². The van der Waals surface area contributed by atoms with E-state index in [9.17, 15) is 8.78 Å². The molecule has 0 amide bonds. The smallest absolute Gasteiger partial charge is 0.251 e. The monoisotopic (exact) mass is 374 g/mol. The number of halogens is 2. The highest BCUT2D eigenvalue weighted by Crippen LogP contribution is 2.35. The lowest BCUT2D eigenvalue weighted by Gasteiger charge is -2.33. The molecule has 27 heavy (non-hydrogen) atoms. The van der Waals surface area contributed by atoms with Gasteiger partial charge in [-0.15, -0.1) is 0 Å². The average molecular weight is 374 g/mol. The summed E-state index contributed by atoms with van der Waals surface area (Å²) in [5.41, 5.74) is 3.28. The summed E-state index contributed by atoms with van der Waals surface area (Å²) >= 11 is 0. The zero-order valence-corrected chi connectivity index (χ0v) is 15.5. The molecule has 4 rings (SSSR count). The number of nitrogens with zero attached hydrogens (tertiary/aromatic N) is 3. The van der Waals surface area contributed by atoms with E-state index in [-0.39, 0.29) is 12.8 Å². The van der Waals surface area contributed by atoms with E-state index in [0.717, 1.165) is 47.7 Å². The predicted octanol–water partition coefficient (Wildman–Crippen LogP) is 3.82. The maximum atomic E-state index is 13.5. The van der Waals surface area contributed by atoms with Crippen LogP contribution in [-0.4, -0.2) is 36.1 Å². The van der Waals surface area contributed by atoms with Crippen LogP contribution in [0.15, 0.2) is 24.3 Å². The van der Waals surface area contributed by atoms with Crippen LogP contribution in [0.1, 0.15) is 36.1 Å². The van der Waals surface area contributed by atoms with Gasteiger partial charge in [-0.2, -0.15) is 4.98 Å². The first kappa shape index (κ1) is 17.9. The van der Waals surface area contributed by atoms with Crippen LogP contribution in [0, 0.1) is 0 Å². The maximum absolute atomic E-state index is 13.5. The Hall–Kier alpha value is -2.44. The Balaban J connectivity index is 1.51. The molecule has 1 aliphatic heterocycles.